The van der Waals surface area contributed by atoms with Crippen LogP contribution in [-0.4, -0.2) is 14.2 Å². The van der Waals surface area contributed by atoms with Crippen molar-refractivity contribution < 1.29 is 9.15 Å². The van der Waals surface area contributed by atoms with Gasteiger partial charge in [-0.25, -0.2) is 0 Å². The molecule has 0 spiro atoms. The number of halogens is 2. The summed E-state index contributed by atoms with van der Waals surface area (Å²) in [5.41, 5.74) is 0.986. The third kappa shape index (κ3) is 2.71. The Bertz CT molecular complexity index is 542. The van der Waals surface area contributed by atoms with Crippen LogP contribution in [0.5, 0.6) is 5.75 Å². The van der Waals surface area contributed by atoms with Gasteiger partial charge in [-0.05, 0) is 49.0 Å². The van der Waals surface area contributed by atoms with Crippen molar-refractivity contribution in [3.05, 3.63) is 51.3 Å². The first-order valence-electron chi connectivity index (χ1n) is 5.41. The predicted molar refractivity (Wildman–Crippen MR) is 75.3 cm³/mol. The number of methoxy groups -OCH3 is 1. The quantitative estimate of drug-likeness (QED) is 0.919. The monoisotopic (exact) mass is 329 g/mol. The Balaban J connectivity index is 2.47. The summed E-state index contributed by atoms with van der Waals surface area (Å²) in [4.78, 5) is 0. The first-order chi connectivity index (χ1) is 8.65. The summed E-state index contributed by atoms with van der Waals surface area (Å²) in [5, 5.41) is 3.57. The van der Waals surface area contributed by atoms with Crippen LogP contribution in [0.1, 0.15) is 17.4 Å². The van der Waals surface area contributed by atoms with Crippen LogP contribution in [0.2, 0.25) is 5.22 Å². The van der Waals surface area contributed by atoms with Gasteiger partial charge in [0.15, 0.2) is 5.22 Å². The minimum atomic E-state index is -0.107. The number of hydrogen-bond donors (Lipinski definition) is 1. The summed E-state index contributed by atoms with van der Waals surface area (Å²) in [6, 6.07) is 9.31. The molecular formula is C13H13BrClNO2. The second-order valence-corrected chi connectivity index (χ2v) is 5.04. The maximum absolute atomic E-state index is 5.82. The van der Waals surface area contributed by atoms with Crippen LogP contribution >= 0.6 is 27.5 Å². The molecule has 3 nitrogen and oxygen atoms in total. The van der Waals surface area contributed by atoms with Crippen molar-refractivity contribution in [2.75, 3.05) is 14.2 Å². The topological polar surface area (TPSA) is 34.4 Å². The van der Waals surface area contributed by atoms with Crippen LogP contribution in [-0.2, 0) is 0 Å². The van der Waals surface area contributed by atoms with E-state index in [1.165, 1.54) is 0 Å². The predicted octanol–water partition coefficient (Wildman–Crippen LogP) is 4.01. The maximum atomic E-state index is 5.82. The Hall–Kier alpha value is -0.970. The number of rotatable bonds is 4. The molecule has 18 heavy (non-hydrogen) atoms. The minimum absolute atomic E-state index is 0.107. The molecule has 0 aliphatic heterocycles. The normalized spacial score (nSPS) is 12.4. The van der Waals surface area contributed by atoms with Crippen LogP contribution in [0.4, 0.5) is 0 Å². The summed E-state index contributed by atoms with van der Waals surface area (Å²) in [7, 11) is 3.51. The van der Waals surface area contributed by atoms with Gasteiger partial charge in [-0.15, -0.1) is 0 Å². The zero-order valence-corrected chi connectivity index (χ0v) is 12.4. The molecule has 0 aliphatic carbocycles. The van der Waals surface area contributed by atoms with E-state index in [2.05, 4.69) is 21.2 Å². The van der Waals surface area contributed by atoms with Crippen LogP contribution < -0.4 is 10.1 Å². The summed E-state index contributed by atoms with van der Waals surface area (Å²) >= 11 is 9.28. The van der Waals surface area contributed by atoms with E-state index >= 15 is 0 Å². The highest BCUT2D eigenvalue weighted by atomic mass is 79.9. The molecule has 1 N–H and O–H groups in total. The molecule has 1 aromatic carbocycles. The van der Waals surface area contributed by atoms with E-state index in [0.29, 0.717) is 5.22 Å². The van der Waals surface area contributed by atoms with Crippen molar-refractivity contribution in [1.29, 1.82) is 0 Å². The maximum Gasteiger partial charge on any atom is 0.193 e. The van der Waals surface area contributed by atoms with Gasteiger partial charge in [0.25, 0.3) is 0 Å². The Morgan fingerprint density at radius 3 is 2.67 bits per heavy atom. The van der Waals surface area contributed by atoms with Gasteiger partial charge < -0.3 is 14.5 Å². The molecule has 1 atom stereocenters. The van der Waals surface area contributed by atoms with Crippen molar-refractivity contribution in [2.45, 2.75) is 6.04 Å². The van der Waals surface area contributed by atoms with E-state index in [1.54, 1.807) is 13.2 Å². The molecule has 1 aromatic heterocycles. The van der Waals surface area contributed by atoms with Gasteiger partial charge in [0.2, 0.25) is 0 Å². The molecule has 0 aliphatic rings. The van der Waals surface area contributed by atoms with Gasteiger partial charge in [0.1, 0.15) is 11.5 Å². The fraction of sp³-hybridized carbons (Fsp3) is 0.231. The highest BCUT2D eigenvalue weighted by Crippen LogP contribution is 2.33. The van der Waals surface area contributed by atoms with Crippen molar-refractivity contribution >= 4 is 27.5 Å². The lowest BCUT2D eigenvalue weighted by Gasteiger charge is -2.17. The number of hydrogen-bond acceptors (Lipinski definition) is 3. The Labute approximate surface area is 119 Å². The zero-order chi connectivity index (χ0) is 13.1. The Morgan fingerprint density at radius 2 is 2.11 bits per heavy atom. The molecule has 1 unspecified atom stereocenters. The first kappa shape index (κ1) is 13.5. The molecule has 0 amide bonds. The number of benzene rings is 1. The molecule has 0 saturated carbocycles. The Morgan fingerprint density at radius 1 is 1.33 bits per heavy atom. The SMILES string of the molecule is CNC(c1ccc(Cl)o1)c1cc(Br)ccc1OC. The fourth-order valence-electron chi connectivity index (χ4n) is 1.87. The molecule has 0 saturated heterocycles. The summed E-state index contributed by atoms with van der Waals surface area (Å²) in [6.45, 7) is 0. The first-order valence-corrected chi connectivity index (χ1v) is 6.58. The van der Waals surface area contributed by atoms with Crippen LogP contribution in [0, 0.1) is 0 Å². The molecule has 2 aromatic rings. The molecule has 0 fully saturated rings. The van der Waals surface area contributed by atoms with Gasteiger partial charge in [-0.2, -0.15) is 0 Å². The summed E-state index contributed by atoms with van der Waals surface area (Å²) < 4.78 is 11.8. The lowest BCUT2D eigenvalue weighted by atomic mass is 10.0. The summed E-state index contributed by atoms with van der Waals surface area (Å²) in [6.07, 6.45) is 0. The van der Waals surface area contributed by atoms with Crippen molar-refractivity contribution in [3.8, 4) is 5.75 Å². The number of ether oxygens (including phenoxy) is 1. The minimum Gasteiger partial charge on any atom is -0.496 e. The number of furan rings is 1. The van der Waals surface area contributed by atoms with Crippen molar-refractivity contribution in [3.63, 3.8) is 0 Å². The summed E-state index contributed by atoms with van der Waals surface area (Å²) in [5.74, 6) is 1.55. The van der Waals surface area contributed by atoms with E-state index in [-0.39, 0.29) is 6.04 Å². The molecule has 5 heteroatoms. The van der Waals surface area contributed by atoms with Crippen molar-refractivity contribution in [1.82, 2.24) is 5.32 Å². The fourth-order valence-corrected chi connectivity index (χ4v) is 2.40. The van der Waals surface area contributed by atoms with Gasteiger partial charge >= 0.3 is 0 Å². The third-order valence-corrected chi connectivity index (χ3v) is 3.37. The molecule has 2 rings (SSSR count). The van der Waals surface area contributed by atoms with E-state index in [0.717, 1.165) is 21.5 Å². The highest BCUT2D eigenvalue weighted by Gasteiger charge is 2.20. The van der Waals surface area contributed by atoms with Gasteiger partial charge in [0, 0.05) is 10.0 Å². The average Bonchev–Trinajstić information content (AvgIpc) is 2.77. The molecular weight excluding hydrogens is 318 g/mol. The second kappa shape index (κ2) is 5.78. The van der Waals surface area contributed by atoms with Crippen molar-refractivity contribution in [2.24, 2.45) is 0 Å². The molecule has 96 valence electrons. The Kier molecular flexibility index (Phi) is 4.32. The van der Waals surface area contributed by atoms with Crippen LogP contribution in [0.25, 0.3) is 0 Å². The van der Waals surface area contributed by atoms with Crippen LogP contribution in [0.15, 0.2) is 39.2 Å². The lowest BCUT2D eigenvalue weighted by molar-refractivity contribution is 0.397. The molecule has 1 heterocycles. The zero-order valence-electron chi connectivity index (χ0n) is 10.0. The largest absolute Gasteiger partial charge is 0.496 e. The van der Waals surface area contributed by atoms with E-state index in [9.17, 15) is 0 Å². The standard InChI is InChI=1S/C13H13BrClNO2/c1-16-13(11-5-6-12(15)18-11)9-7-8(14)3-4-10(9)17-2/h3-7,13,16H,1-2H3. The molecule has 0 bridgehead atoms. The third-order valence-electron chi connectivity index (χ3n) is 2.67. The van der Waals surface area contributed by atoms with Crippen LogP contribution in [0.3, 0.4) is 0 Å². The van der Waals surface area contributed by atoms with Gasteiger partial charge in [-0.3, -0.25) is 0 Å². The second-order valence-electron chi connectivity index (χ2n) is 3.75. The van der Waals surface area contributed by atoms with Gasteiger partial charge in [0.05, 0.1) is 13.2 Å². The van der Waals surface area contributed by atoms with E-state index in [1.807, 2.05) is 31.3 Å². The van der Waals surface area contributed by atoms with E-state index in [4.69, 9.17) is 20.8 Å². The molecule has 0 radical (unpaired) electrons. The van der Waals surface area contributed by atoms with E-state index < -0.39 is 0 Å². The smallest absolute Gasteiger partial charge is 0.193 e. The van der Waals surface area contributed by atoms with Gasteiger partial charge in [-0.1, -0.05) is 15.9 Å². The average molecular weight is 331 g/mol. The lowest BCUT2D eigenvalue weighted by Crippen LogP contribution is -2.17. The highest BCUT2D eigenvalue weighted by molar-refractivity contribution is 9.10. The number of nitrogens with one attached hydrogen (secondary N) is 1.